The van der Waals surface area contributed by atoms with Crippen LogP contribution in [-0.4, -0.2) is 6.61 Å². The van der Waals surface area contributed by atoms with E-state index in [-0.39, 0.29) is 0 Å². The fraction of sp³-hybridized carbons (Fsp3) is 0.200. The predicted octanol–water partition coefficient (Wildman–Crippen LogP) is 1.87. The molecular weight excluding hydrogens is 136 g/mol. The summed E-state index contributed by atoms with van der Waals surface area (Å²) >= 11 is 0. The molecule has 11 heavy (non-hydrogen) atoms. The highest BCUT2D eigenvalue weighted by atomic mass is 16.5. The van der Waals surface area contributed by atoms with Crippen molar-refractivity contribution >= 4 is 0 Å². The average molecular weight is 145 g/mol. The molecule has 0 fully saturated rings. The lowest BCUT2D eigenvalue weighted by molar-refractivity contribution is 0.339. The van der Waals surface area contributed by atoms with E-state index in [1.54, 1.807) is 6.07 Å². The van der Waals surface area contributed by atoms with Crippen LogP contribution in [-0.2, 0) is 0 Å². The van der Waals surface area contributed by atoms with Crippen molar-refractivity contribution in [3.05, 3.63) is 29.8 Å². The molecule has 0 aliphatic heterocycles. The molecule has 0 unspecified atom stereocenters. The Bertz CT molecular complexity index is 253. The van der Waals surface area contributed by atoms with E-state index >= 15 is 0 Å². The summed E-state index contributed by atoms with van der Waals surface area (Å²) in [6.45, 7) is 2.59. The van der Waals surface area contributed by atoms with Crippen LogP contribution < -0.4 is 4.74 Å². The van der Waals surface area contributed by atoms with Crippen molar-refractivity contribution in [2.75, 3.05) is 6.61 Å². The highest BCUT2D eigenvalue weighted by Crippen LogP contribution is 2.09. The maximum absolute atomic E-state index is 5.18. The SMILES string of the molecule is C#Cc1c[c]c(OCC)cc1. The molecule has 0 spiro atoms. The number of hydrogen-bond donors (Lipinski definition) is 0. The molecule has 1 rings (SSSR count). The van der Waals surface area contributed by atoms with Gasteiger partial charge in [-0.15, -0.1) is 6.42 Å². The quantitative estimate of drug-likeness (QED) is 0.577. The highest BCUT2D eigenvalue weighted by molar-refractivity contribution is 5.35. The number of terminal acetylenes is 1. The van der Waals surface area contributed by atoms with E-state index in [4.69, 9.17) is 11.2 Å². The predicted molar refractivity (Wildman–Crippen MR) is 44.4 cm³/mol. The second-order valence-electron chi connectivity index (χ2n) is 2.02. The molecule has 0 heterocycles. The van der Waals surface area contributed by atoms with Gasteiger partial charge in [0.15, 0.2) is 0 Å². The van der Waals surface area contributed by atoms with Crippen molar-refractivity contribution in [2.45, 2.75) is 6.92 Å². The van der Waals surface area contributed by atoms with Gasteiger partial charge >= 0.3 is 0 Å². The maximum atomic E-state index is 5.18. The van der Waals surface area contributed by atoms with Gasteiger partial charge in [0.2, 0.25) is 0 Å². The summed E-state index contributed by atoms with van der Waals surface area (Å²) in [7, 11) is 0. The third-order valence-corrected chi connectivity index (χ3v) is 1.25. The van der Waals surface area contributed by atoms with Crippen LogP contribution >= 0.6 is 0 Å². The van der Waals surface area contributed by atoms with Gasteiger partial charge in [-0.1, -0.05) is 5.92 Å². The topological polar surface area (TPSA) is 9.23 Å². The van der Waals surface area contributed by atoms with Crippen molar-refractivity contribution in [3.8, 4) is 18.1 Å². The molecule has 1 heteroatoms. The monoisotopic (exact) mass is 145 g/mol. The second-order valence-corrected chi connectivity index (χ2v) is 2.02. The third-order valence-electron chi connectivity index (χ3n) is 1.25. The fourth-order valence-corrected chi connectivity index (χ4v) is 0.746. The minimum atomic E-state index is 0.659. The zero-order valence-corrected chi connectivity index (χ0v) is 6.42. The van der Waals surface area contributed by atoms with Crippen LogP contribution in [0.5, 0.6) is 5.75 Å². The zero-order valence-electron chi connectivity index (χ0n) is 6.42. The van der Waals surface area contributed by atoms with Crippen molar-refractivity contribution in [1.29, 1.82) is 0 Å². The molecule has 0 N–H and O–H groups in total. The molecule has 0 aromatic heterocycles. The Morgan fingerprint density at radius 2 is 2.45 bits per heavy atom. The van der Waals surface area contributed by atoms with Gasteiger partial charge in [0.05, 0.1) is 6.61 Å². The summed E-state index contributed by atoms with van der Waals surface area (Å²) in [6.07, 6.45) is 5.16. The average Bonchev–Trinajstić information content (AvgIpc) is 2.07. The van der Waals surface area contributed by atoms with E-state index in [1.807, 2.05) is 19.1 Å². The lowest BCUT2D eigenvalue weighted by atomic mass is 10.2. The van der Waals surface area contributed by atoms with Crippen LogP contribution in [0.4, 0.5) is 0 Å². The van der Waals surface area contributed by atoms with Gasteiger partial charge in [-0.25, -0.2) is 0 Å². The Morgan fingerprint density at radius 3 is 2.91 bits per heavy atom. The van der Waals surface area contributed by atoms with Gasteiger partial charge < -0.3 is 4.74 Å². The lowest BCUT2D eigenvalue weighted by Crippen LogP contribution is -1.90. The first-order chi connectivity index (χ1) is 5.36. The number of hydrogen-bond acceptors (Lipinski definition) is 1. The molecule has 0 saturated carbocycles. The van der Waals surface area contributed by atoms with Crippen molar-refractivity contribution in [1.82, 2.24) is 0 Å². The molecule has 0 atom stereocenters. The Kier molecular flexibility index (Phi) is 2.57. The van der Waals surface area contributed by atoms with Gasteiger partial charge in [0, 0.05) is 11.6 Å². The molecular formula is C10H9O. The number of ether oxygens (including phenoxy) is 1. The van der Waals surface area contributed by atoms with Crippen LogP contribution in [0.3, 0.4) is 0 Å². The number of rotatable bonds is 2. The largest absolute Gasteiger partial charge is 0.493 e. The summed E-state index contributed by atoms with van der Waals surface area (Å²) < 4.78 is 5.18. The Balaban J connectivity index is 2.76. The van der Waals surface area contributed by atoms with Gasteiger partial charge in [0.1, 0.15) is 5.75 Å². The van der Waals surface area contributed by atoms with Gasteiger partial charge in [-0.05, 0) is 25.1 Å². The molecule has 0 saturated heterocycles. The number of benzene rings is 1. The van der Waals surface area contributed by atoms with Crippen LogP contribution in [0.2, 0.25) is 0 Å². The van der Waals surface area contributed by atoms with Crippen molar-refractivity contribution in [3.63, 3.8) is 0 Å². The van der Waals surface area contributed by atoms with Crippen LogP contribution in [0, 0.1) is 18.4 Å². The summed E-state index contributed by atoms with van der Waals surface area (Å²) in [4.78, 5) is 0. The summed E-state index contributed by atoms with van der Waals surface area (Å²) in [5.74, 6) is 3.25. The van der Waals surface area contributed by atoms with E-state index in [1.165, 1.54) is 0 Å². The van der Waals surface area contributed by atoms with Crippen LogP contribution in [0.25, 0.3) is 0 Å². The molecule has 0 bridgehead atoms. The first kappa shape index (κ1) is 7.68. The van der Waals surface area contributed by atoms with Crippen molar-refractivity contribution in [2.24, 2.45) is 0 Å². The van der Waals surface area contributed by atoms with E-state index < -0.39 is 0 Å². The Morgan fingerprint density at radius 1 is 1.64 bits per heavy atom. The van der Waals surface area contributed by atoms with E-state index in [0.29, 0.717) is 6.61 Å². The van der Waals surface area contributed by atoms with Crippen LogP contribution in [0.15, 0.2) is 18.2 Å². The lowest BCUT2D eigenvalue weighted by Gasteiger charge is -2.00. The molecule has 0 amide bonds. The summed E-state index contributed by atoms with van der Waals surface area (Å²) in [5.41, 5.74) is 0.827. The van der Waals surface area contributed by atoms with Crippen LogP contribution in [0.1, 0.15) is 12.5 Å². The minimum Gasteiger partial charge on any atom is -0.493 e. The Hall–Kier alpha value is -1.42. The molecule has 55 valence electrons. The normalized spacial score (nSPS) is 8.73. The van der Waals surface area contributed by atoms with E-state index in [0.717, 1.165) is 11.3 Å². The molecule has 0 aliphatic carbocycles. The Labute approximate surface area is 67.0 Å². The van der Waals surface area contributed by atoms with Crippen molar-refractivity contribution < 1.29 is 4.74 Å². The standard InChI is InChI=1S/C10H9O/c1-3-9-5-7-10(8-6-9)11-4-2/h1,5-7H,4H2,2H3. The molecule has 0 aliphatic rings. The molecule has 1 aromatic rings. The highest BCUT2D eigenvalue weighted by Gasteiger charge is 1.90. The maximum Gasteiger partial charge on any atom is 0.127 e. The van der Waals surface area contributed by atoms with Gasteiger partial charge in [-0.2, -0.15) is 0 Å². The van der Waals surface area contributed by atoms with E-state index in [9.17, 15) is 0 Å². The van der Waals surface area contributed by atoms with E-state index in [2.05, 4.69) is 12.0 Å². The smallest absolute Gasteiger partial charge is 0.127 e. The summed E-state index contributed by atoms with van der Waals surface area (Å²) in [6, 6.07) is 8.32. The molecule has 1 nitrogen and oxygen atoms in total. The minimum absolute atomic E-state index is 0.659. The fourth-order valence-electron chi connectivity index (χ4n) is 0.746. The molecule has 1 aromatic carbocycles. The zero-order chi connectivity index (χ0) is 8.10. The van der Waals surface area contributed by atoms with Gasteiger partial charge in [-0.3, -0.25) is 0 Å². The second kappa shape index (κ2) is 3.68. The van der Waals surface area contributed by atoms with Gasteiger partial charge in [0.25, 0.3) is 0 Å². The molecule has 1 radical (unpaired) electrons. The first-order valence-corrected chi connectivity index (χ1v) is 3.48. The summed E-state index contributed by atoms with van der Waals surface area (Å²) in [5, 5.41) is 0. The first-order valence-electron chi connectivity index (χ1n) is 3.48. The third kappa shape index (κ3) is 2.01.